The van der Waals surface area contributed by atoms with E-state index >= 15 is 0 Å². The van der Waals surface area contributed by atoms with Crippen LogP contribution in [0.1, 0.15) is 96.5 Å². The van der Waals surface area contributed by atoms with Crippen LogP contribution in [-0.2, 0) is 19.6 Å². The number of hydrogen-bond donors (Lipinski definition) is 1. The fourth-order valence-corrected chi connectivity index (χ4v) is 4.01. The highest BCUT2D eigenvalue weighted by Gasteiger charge is 2.12. The Kier molecular flexibility index (Phi) is 19.0. The number of nitrogens with zero attached hydrogens (tertiary/aromatic N) is 1. The number of carbonyl (C=O) groups is 1. The van der Waals surface area contributed by atoms with Crippen molar-refractivity contribution in [1.29, 1.82) is 0 Å². The first-order valence-electron chi connectivity index (χ1n) is 12.9. The molecular formula is C27H49NO5S. The van der Waals surface area contributed by atoms with E-state index in [9.17, 15) is 13.2 Å². The molecule has 0 bridgehead atoms. The molecule has 0 aliphatic rings. The third kappa shape index (κ3) is 18.9. The van der Waals surface area contributed by atoms with Gasteiger partial charge in [0, 0.05) is 6.42 Å². The highest BCUT2D eigenvalue weighted by molar-refractivity contribution is 7.85. The van der Waals surface area contributed by atoms with Crippen molar-refractivity contribution >= 4 is 16.1 Å². The second-order valence-corrected chi connectivity index (χ2v) is 10.9. The summed E-state index contributed by atoms with van der Waals surface area (Å²) in [6.45, 7) is 8.06. The lowest BCUT2D eigenvalue weighted by molar-refractivity contribution is -0.145. The fourth-order valence-electron chi connectivity index (χ4n) is 3.53. The Hall–Kier alpha value is -1.44. The van der Waals surface area contributed by atoms with E-state index in [2.05, 4.69) is 32.8 Å². The van der Waals surface area contributed by atoms with Crippen LogP contribution in [0.25, 0.3) is 0 Å². The molecule has 0 fully saturated rings. The van der Waals surface area contributed by atoms with Crippen molar-refractivity contribution in [2.24, 2.45) is 5.92 Å². The molecule has 0 spiro atoms. The molecule has 1 rings (SSSR count). The molecule has 1 atom stereocenters. The number of hydrogen-bond acceptors (Lipinski definition) is 5. The van der Waals surface area contributed by atoms with E-state index in [1.54, 1.807) is 12.1 Å². The highest BCUT2D eigenvalue weighted by atomic mass is 32.2. The number of benzene rings is 1. The molecule has 0 aliphatic carbocycles. The van der Waals surface area contributed by atoms with Crippen LogP contribution in [0.2, 0.25) is 0 Å². The molecule has 0 heterocycles. The maximum Gasteiger partial charge on any atom is 0.305 e. The summed E-state index contributed by atoms with van der Waals surface area (Å²) >= 11 is 0. The van der Waals surface area contributed by atoms with Gasteiger partial charge in [-0.05, 0) is 71.3 Å². The van der Waals surface area contributed by atoms with Crippen molar-refractivity contribution in [1.82, 2.24) is 4.90 Å². The third-order valence-electron chi connectivity index (χ3n) is 5.72. The first-order chi connectivity index (χ1) is 16.1. The van der Waals surface area contributed by atoms with Gasteiger partial charge in [-0.2, -0.15) is 8.42 Å². The first kappa shape index (κ1) is 32.6. The molecule has 6 nitrogen and oxygen atoms in total. The van der Waals surface area contributed by atoms with Gasteiger partial charge in [-0.1, -0.05) is 76.5 Å². The highest BCUT2D eigenvalue weighted by Crippen LogP contribution is 2.18. The second kappa shape index (κ2) is 19.8. The van der Waals surface area contributed by atoms with E-state index < -0.39 is 10.1 Å². The predicted octanol–water partition coefficient (Wildman–Crippen LogP) is 6.67. The molecule has 1 N–H and O–H groups in total. The second-order valence-electron chi connectivity index (χ2n) is 9.44. The molecule has 34 heavy (non-hydrogen) atoms. The minimum Gasteiger partial charge on any atom is -0.465 e. The van der Waals surface area contributed by atoms with Crippen molar-refractivity contribution in [3.63, 3.8) is 0 Å². The Bertz CT molecular complexity index is 732. The van der Waals surface area contributed by atoms with Gasteiger partial charge >= 0.3 is 5.97 Å². The van der Waals surface area contributed by atoms with Gasteiger partial charge < -0.3 is 9.64 Å². The minimum absolute atomic E-state index is 0.00455. The minimum atomic E-state index is -4.02. The summed E-state index contributed by atoms with van der Waals surface area (Å²) in [5.41, 5.74) is 0.956. The van der Waals surface area contributed by atoms with Gasteiger partial charge in [0.25, 0.3) is 10.1 Å². The zero-order valence-electron chi connectivity index (χ0n) is 22.2. The van der Waals surface area contributed by atoms with Crippen molar-refractivity contribution < 1.29 is 22.5 Å². The Morgan fingerprint density at radius 1 is 0.912 bits per heavy atom. The summed E-state index contributed by atoms with van der Waals surface area (Å²) in [6.07, 6.45) is 13.9. The first-order valence-corrected chi connectivity index (χ1v) is 14.4. The quantitative estimate of drug-likeness (QED) is 0.146. The topological polar surface area (TPSA) is 83.9 Å². The molecule has 0 radical (unpaired) electrons. The van der Waals surface area contributed by atoms with Gasteiger partial charge in [-0.3, -0.25) is 9.35 Å². The van der Waals surface area contributed by atoms with Crippen molar-refractivity contribution in [2.75, 3.05) is 27.2 Å². The SMILES string of the molecule is CCCCCCC(CCCC)COC(=O)CCCCCN(C)C.Cc1ccc(S(=O)(=O)O)cc1. The average molecular weight is 500 g/mol. The van der Waals surface area contributed by atoms with Gasteiger partial charge in [0.05, 0.1) is 11.5 Å². The smallest absolute Gasteiger partial charge is 0.305 e. The van der Waals surface area contributed by atoms with Crippen molar-refractivity contribution in [2.45, 2.75) is 103 Å². The van der Waals surface area contributed by atoms with Gasteiger partial charge in [-0.15, -0.1) is 0 Å². The summed E-state index contributed by atoms with van der Waals surface area (Å²) in [5.74, 6) is 0.578. The Morgan fingerprint density at radius 2 is 1.50 bits per heavy atom. The standard InChI is InChI=1S/C20H41NO2.C7H8O3S/c1-5-7-9-11-15-19(14-8-6-2)18-23-20(22)16-12-10-13-17-21(3)4;1-6-2-4-7(5-3-6)11(8,9)10/h19H,5-18H2,1-4H3;2-5H,1H3,(H,8,9,10). The number of rotatable bonds is 17. The molecule has 0 aliphatic heterocycles. The molecule has 1 aromatic carbocycles. The van der Waals surface area contributed by atoms with Crippen LogP contribution in [0.5, 0.6) is 0 Å². The predicted molar refractivity (Wildman–Crippen MR) is 141 cm³/mol. The van der Waals surface area contributed by atoms with E-state index in [1.807, 2.05) is 6.92 Å². The van der Waals surface area contributed by atoms with E-state index in [0.717, 1.165) is 31.4 Å². The van der Waals surface area contributed by atoms with Crippen LogP contribution in [-0.4, -0.2) is 51.1 Å². The van der Waals surface area contributed by atoms with Crippen LogP contribution in [0.3, 0.4) is 0 Å². The van der Waals surface area contributed by atoms with Crippen LogP contribution < -0.4 is 0 Å². The average Bonchev–Trinajstić information content (AvgIpc) is 2.77. The summed E-state index contributed by atoms with van der Waals surface area (Å²) in [7, 11) is 0.157. The molecule has 0 saturated carbocycles. The Morgan fingerprint density at radius 3 is 2.06 bits per heavy atom. The largest absolute Gasteiger partial charge is 0.465 e. The molecule has 0 amide bonds. The molecule has 1 unspecified atom stereocenters. The zero-order valence-corrected chi connectivity index (χ0v) is 23.0. The number of esters is 1. The molecular weight excluding hydrogens is 450 g/mol. The van der Waals surface area contributed by atoms with Crippen LogP contribution in [0.15, 0.2) is 29.2 Å². The zero-order chi connectivity index (χ0) is 25.8. The van der Waals surface area contributed by atoms with E-state index in [-0.39, 0.29) is 10.9 Å². The third-order valence-corrected chi connectivity index (χ3v) is 6.58. The van der Waals surface area contributed by atoms with Crippen molar-refractivity contribution in [3.05, 3.63) is 29.8 Å². The Labute approximate surface area is 209 Å². The van der Waals surface area contributed by atoms with Crippen molar-refractivity contribution in [3.8, 4) is 0 Å². The lowest BCUT2D eigenvalue weighted by atomic mass is 9.96. The molecule has 0 aromatic heterocycles. The van der Waals surface area contributed by atoms with Gasteiger partial charge in [-0.25, -0.2) is 0 Å². The monoisotopic (exact) mass is 499 g/mol. The van der Waals surface area contributed by atoms with Crippen LogP contribution in [0.4, 0.5) is 0 Å². The molecule has 1 aromatic rings. The summed E-state index contributed by atoms with van der Waals surface area (Å²) in [6, 6.07) is 5.99. The van der Waals surface area contributed by atoms with Gasteiger partial charge in [0.15, 0.2) is 0 Å². The molecule has 7 heteroatoms. The van der Waals surface area contributed by atoms with Crippen LogP contribution >= 0.6 is 0 Å². The summed E-state index contributed by atoms with van der Waals surface area (Å²) in [5, 5.41) is 0. The lowest BCUT2D eigenvalue weighted by Crippen LogP contribution is -2.15. The fraction of sp³-hybridized carbons (Fsp3) is 0.741. The normalized spacial score (nSPS) is 12.2. The van der Waals surface area contributed by atoms with E-state index in [0.29, 0.717) is 18.9 Å². The summed E-state index contributed by atoms with van der Waals surface area (Å²) < 4.78 is 35.1. The van der Waals surface area contributed by atoms with Gasteiger partial charge in [0.1, 0.15) is 0 Å². The van der Waals surface area contributed by atoms with Crippen LogP contribution in [0, 0.1) is 12.8 Å². The Balaban J connectivity index is 0.000000818. The van der Waals surface area contributed by atoms with E-state index in [1.165, 1.54) is 63.5 Å². The summed E-state index contributed by atoms with van der Waals surface area (Å²) in [4.78, 5) is 14.0. The number of aryl methyl sites for hydroxylation is 1. The maximum atomic E-state index is 11.9. The molecule has 0 saturated heterocycles. The number of ether oxygens (including phenoxy) is 1. The molecule has 198 valence electrons. The number of carbonyl (C=O) groups excluding carboxylic acids is 1. The maximum absolute atomic E-state index is 11.9. The van der Waals surface area contributed by atoms with Gasteiger partial charge in [0.2, 0.25) is 0 Å². The number of unbranched alkanes of at least 4 members (excludes halogenated alkanes) is 6. The lowest BCUT2D eigenvalue weighted by Gasteiger charge is -2.17. The van der Waals surface area contributed by atoms with E-state index in [4.69, 9.17) is 9.29 Å².